The van der Waals surface area contributed by atoms with Crippen molar-refractivity contribution in [1.82, 2.24) is 4.98 Å². The highest BCUT2D eigenvalue weighted by Gasteiger charge is 1.98. The second kappa shape index (κ2) is 2.67. The predicted molar refractivity (Wildman–Crippen MR) is 43.3 cm³/mol. The summed E-state index contributed by atoms with van der Waals surface area (Å²) in [4.78, 5) is 4.05. The lowest BCUT2D eigenvalue weighted by Crippen LogP contribution is -1.85. The molecule has 0 spiro atoms. The third-order valence-corrected chi connectivity index (χ3v) is 1.66. The van der Waals surface area contributed by atoms with Gasteiger partial charge in [-0.25, -0.2) is 0 Å². The van der Waals surface area contributed by atoms with Crippen LogP contribution in [0.2, 0.25) is 0 Å². The second-order valence-electron chi connectivity index (χ2n) is 2.47. The van der Waals surface area contributed by atoms with Gasteiger partial charge in [-0.1, -0.05) is 0 Å². The van der Waals surface area contributed by atoms with Crippen molar-refractivity contribution >= 4 is 11.0 Å². The van der Waals surface area contributed by atoms with Crippen molar-refractivity contribution in [3.05, 3.63) is 30.3 Å². The molecule has 2 aromatic heterocycles. The number of pyridine rings is 1. The maximum atomic E-state index is 8.43. The molecule has 2 rings (SSSR count). The molecule has 0 aromatic carbocycles. The molecule has 3 nitrogen and oxygen atoms in total. The second-order valence-corrected chi connectivity index (χ2v) is 2.47. The van der Waals surface area contributed by atoms with Gasteiger partial charge in [0.15, 0.2) is 5.58 Å². The molecule has 0 amide bonds. The van der Waals surface area contributed by atoms with Crippen LogP contribution in [0.5, 0.6) is 0 Å². The summed E-state index contributed by atoms with van der Waals surface area (Å²) in [6.07, 6.45) is 3.60. The molecule has 3 heteroatoms. The van der Waals surface area contributed by atoms with Crippen LogP contribution in [-0.4, -0.2) is 4.98 Å². The minimum Gasteiger partial charge on any atom is -0.463 e. The Labute approximate surface area is 69.2 Å². The zero-order chi connectivity index (χ0) is 8.39. The minimum absolute atomic E-state index is 0.348. The quantitative estimate of drug-likeness (QED) is 0.636. The van der Waals surface area contributed by atoms with Crippen LogP contribution >= 0.6 is 0 Å². The average molecular weight is 158 g/mol. The van der Waals surface area contributed by atoms with Gasteiger partial charge in [0.25, 0.3) is 0 Å². The Morgan fingerprint density at radius 1 is 1.58 bits per heavy atom. The zero-order valence-corrected chi connectivity index (χ0v) is 6.32. The number of rotatable bonds is 1. The summed E-state index contributed by atoms with van der Waals surface area (Å²) >= 11 is 0. The van der Waals surface area contributed by atoms with Crippen LogP contribution in [0, 0.1) is 11.3 Å². The van der Waals surface area contributed by atoms with Crippen LogP contribution < -0.4 is 0 Å². The summed E-state index contributed by atoms with van der Waals surface area (Å²) in [5.41, 5.74) is 1.54. The van der Waals surface area contributed by atoms with Gasteiger partial charge in [0.2, 0.25) is 0 Å². The topological polar surface area (TPSA) is 49.8 Å². The average Bonchev–Trinajstić information content (AvgIpc) is 2.51. The molecule has 0 aliphatic carbocycles. The van der Waals surface area contributed by atoms with E-state index in [9.17, 15) is 0 Å². The van der Waals surface area contributed by atoms with Gasteiger partial charge in [-0.3, -0.25) is 4.98 Å². The standard InChI is InChI=1S/C9H6N2O/c10-3-1-8-5-7-2-4-12-9(7)6-11-8/h2,4-6H,1H2. The molecule has 0 saturated heterocycles. The molecule has 12 heavy (non-hydrogen) atoms. The van der Waals surface area contributed by atoms with Gasteiger partial charge in [-0.05, 0) is 12.1 Å². The molecule has 0 aliphatic rings. The molecule has 0 N–H and O–H groups in total. The molecular weight excluding hydrogens is 152 g/mol. The highest BCUT2D eigenvalue weighted by molar-refractivity contribution is 5.76. The largest absolute Gasteiger partial charge is 0.463 e. The Bertz CT molecular complexity index is 439. The van der Waals surface area contributed by atoms with E-state index in [0.29, 0.717) is 6.42 Å². The smallest absolute Gasteiger partial charge is 0.152 e. The van der Waals surface area contributed by atoms with Crippen LogP contribution in [0.3, 0.4) is 0 Å². The van der Waals surface area contributed by atoms with Crippen molar-refractivity contribution in [3.8, 4) is 6.07 Å². The van der Waals surface area contributed by atoms with E-state index in [-0.39, 0.29) is 0 Å². The fourth-order valence-electron chi connectivity index (χ4n) is 1.09. The minimum atomic E-state index is 0.348. The fourth-order valence-corrected chi connectivity index (χ4v) is 1.09. The van der Waals surface area contributed by atoms with Crippen molar-refractivity contribution < 1.29 is 4.42 Å². The first kappa shape index (κ1) is 6.86. The number of hydrogen-bond donors (Lipinski definition) is 0. The zero-order valence-electron chi connectivity index (χ0n) is 6.32. The third kappa shape index (κ3) is 1.04. The molecular formula is C9H6N2O. The van der Waals surface area contributed by atoms with Crippen LogP contribution in [0.4, 0.5) is 0 Å². The van der Waals surface area contributed by atoms with E-state index in [4.69, 9.17) is 9.68 Å². The first-order valence-corrected chi connectivity index (χ1v) is 3.59. The molecule has 0 saturated carbocycles. The Kier molecular flexibility index (Phi) is 1.52. The van der Waals surface area contributed by atoms with E-state index in [1.165, 1.54) is 0 Å². The SMILES string of the molecule is N#CCc1cc2ccoc2cn1. The van der Waals surface area contributed by atoms with Gasteiger partial charge >= 0.3 is 0 Å². The van der Waals surface area contributed by atoms with Crippen molar-refractivity contribution in [2.24, 2.45) is 0 Å². The molecule has 0 fully saturated rings. The third-order valence-electron chi connectivity index (χ3n) is 1.66. The van der Waals surface area contributed by atoms with Gasteiger partial charge in [0.1, 0.15) is 0 Å². The monoisotopic (exact) mass is 158 g/mol. The number of fused-ring (bicyclic) bond motifs is 1. The lowest BCUT2D eigenvalue weighted by Gasteiger charge is -1.91. The van der Waals surface area contributed by atoms with E-state index in [0.717, 1.165) is 16.7 Å². The summed E-state index contributed by atoms with van der Waals surface area (Å²) in [6, 6.07) is 5.77. The highest BCUT2D eigenvalue weighted by atomic mass is 16.3. The highest BCUT2D eigenvalue weighted by Crippen LogP contribution is 2.14. The molecule has 0 aliphatic heterocycles. The number of nitriles is 1. The first-order chi connectivity index (χ1) is 5.90. The lowest BCUT2D eigenvalue weighted by atomic mass is 10.2. The van der Waals surface area contributed by atoms with Gasteiger partial charge in [0, 0.05) is 5.39 Å². The van der Waals surface area contributed by atoms with Gasteiger partial charge in [-0.2, -0.15) is 5.26 Å². The van der Waals surface area contributed by atoms with Crippen LogP contribution in [0.15, 0.2) is 29.0 Å². The summed E-state index contributed by atoms with van der Waals surface area (Å²) < 4.78 is 5.11. The van der Waals surface area contributed by atoms with Gasteiger partial charge in [0.05, 0.1) is 30.6 Å². The predicted octanol–water partition coefficient (Wildman–Crippen LogP) is 1.89. The van der Waals surface area contributed by atoms with Crippen molar-refractivity contribution in [2.75, 3.05) is 0 Å². The maximum Gasteiger partial charge on any atom is 0.152 e. The Morgan fingerprint density at radius 2 is 2.50 bits per heavy atom. The Hall–Kier alpha value is -1.82. The fraction of sp³-hybridized carbons (Fsp3) is 0.111. The summed E-state index contributed by atoms with van der Waals surface area (Å²) in [7, 11) is 0. The van der Waals surface area contributed by atoms with Gasteiger partial charge in [-0.15, -0.1) is 0 Å². The van der Waals surface area contributed by atoms with E-state index < -0.39 is 0 Å². The van der Waals surface area contributed by atoms with E-state index in [1.54, 1.807) is 12.5 Å². The van der Waals surface area contributed by atoms with E-state index >= 15 is 0 Å². The lowest BCUT2D eigenvalue weighted by molar-refractivity contribution is 0.614. The number of nitrogens with zero attached hydrogens (tertiary/aromatic N) is 2. The van der Waals surface area contributed by atoms with E-state index in [1.807, 2.05) is 18.2 Å². The molecule has 0 radical (unpaired) electrons. The van der Waals surface area contributed by atoms with Gasteiger partial charge < -0.3 is 4.42 Å². The van der Waals surface area contributed by atoms with Crippen LogP contribution in [0.1, 0.15) is 5.69 Å². The summed E-state index contributed by atoms with van der Waals surface area (Å²) in [6.45, 7) is 0. The normalized spacial score (nSPS) is 9.92. The van der Waals surface area contributed by atoms with E-state index in [2.05, 4.69) is 4.98 Å². The molecule has 0 bridgehead atoms. The molecule has 0 atom stereocenters. The number of hydrogen-bond acceptors (Lipinski definition) is 3. The summed E-state index contributed by atoms with van der Waals surface area (Å²) in [5, 5.41) is 9.42. The van der Waals surface area contributed by atoms with Crippen molar-refractivity contribution in [3.63, 3.8) is 0 Å². The van der Waals surface area contributed by atoms with Crippen LogP contribution in [-0.2, 0) is 6.42 Å². The molecule has 2 heterocycles. The number of aromatic nitrogens is 1. The maximum absolute atomic E-state index is 8.43. The molecule has 58 valence electrons. The number of furan rings is 1. The Balaban J connectivity index is 2.54. The van der Waals surface area contributed by atoms with Crippen molar-refractivity contribution in [2.45, 2.75) is 6.42 Å². The molecule has 0 unspecified atom stereocenters. The summed E-state index contributed by atoms with van der Waals surface area (Å²) in [5.74, 6) is 0. The first-order valence-electron chi connectivity index (χ1n) is 3.59. The van der Waals surface area contributed by atoms with Crippen LogP contribution in [0.25, 0.3) is 11.0 Å². The van der Waals surface area contributed by atoms with Crippen molar-refractivity contribution in [1.29, 1.82) is 5.26 Å². The Morgan fingerprint density at radius 3 is 3.33 bits per heavy atom. The molecule has 2 aromatic rings.